The standard InChI is InChI=1S/C22H37N3O3/c1-5-23-21(25-17-22(13-14-26-3)11-7-8-12-22)24-16-18-9-10-19(27-4)20(15-18)28-6-2/h9-10,15H,5-8,11-14,16-17H2,1-4H3,(H2,23,24,25). The molecule has 0 saturated heterocycles. The van der Waals surface area contributed by atoms with Crippen molar-refractivity contribution in [3.8, 4) is 11.5 Å². The molecule has 2 rings (SSSR count). The van der Waals surface area contributed by atoms with Crippen molar-refractivity contribution in [2.24, 2.45) is 10.4 Å². The molecule has 0 heterocycles. The summed E-state index contributed by atoms with van der Waals surface area (Å²) in [5, 5.41) is 6.94. The van der Waals surface area contributed by atoms with Crippen molar-refractivity contribution in [2.45, 2.75) is 52.5 Å². The molecule has 0 unspecified atom stereocenters. The fourth-order valence-electron chi connectivity index (χ4n) is 3.83. The highest BCUT2D eigenvalue weighted by molar-refractivity contribution is 5.79. The fourth-order valence-corrected chi connectivity index (χ4v) is 3.83. The van der Waals surface area contributed by atoms with E-state index in [1.54, 1.807) is 14.2 Å². The van der Waals surface area contributed by atoms with Crippen LogP contribution in [0.2, 0.25) is 0 Å². The van der Waals surface area contributed by atoms with Gasteiger partial charge in [0, 0.05) is 26.8 Å². The minimum Gasteiger partial charge on any atom is -0.493 e. The summed E-state index contributed by atoms with van der Waals surface area (Å²) in [6.45, 7) is 7.86. The van der Waals surface area contributed by atoms with Gasteiger partial charge in [0.15, 0.2) is 17.5 Å². The van der Waals surface area contributed by atoms with Crippen molar-refractivity contribution in [2.75, 3.05) is 40.5 Å². The lowest BCUT2D eigenvalue weighted by Crippen LogP contribution is -2.43. The van der Waals surface area contributed by atoms with Crippen LogP contribution in [0.1, 0.15) is 51.5 Å². The van der Waals surface area contributed by atoms with Crippen molar-refractivity contribution in [1.82, 2.24) is 10.6 Å². The molecule has 28 heavy (non-hydrogen) atoms. The highest BCUT2D eigenvalue weighted by atomic mass is 16.5. The van der Waals surface area contributed by atoms with E-state index in [0.29, 0.717) is 18.6 Å². The second kappa shape index (κ2) is 11.8. The SMILES string of the molecule is CCNC(=NCc1ccc(OC)c(OCC)c1)NCC1(CCOC)CCCC1. The molecular weight excluding hydrogens is 354 g/mol. The highest BCUT2D eigenvalue weighted by Crippen LogP contribution is 2.40. The topological polar surface area (TPSA) is 64.1 Å². The lowest BCUT2D eigenvalue weighted by Gasteiger charge is -2.30. The largest absolute Gasteiger partial charge is 0.493 e. The summed E-state index contributed by atoms with van der Waals surface area (Å²) < 4.78 is 16.4. The van der Waals surface area contributed by atoms with E-state index in [1.807, 2.05) is 25.1 Å². The Morgan fingerprint density at radius 2 is 1.89 bits per heavy atom. The summed E-state index contributed by atoms with van der Waals surface area (Å²) in [4.78, 5) is 4.78. The summed E-state index contributed by atoms with van der Waals surface area (Å²) >= 11 is 0. The predicted octanol–water partition coefficient (Wildman–Crippen LogP) is 3.75. The zero-order chi connectivity index (χ0) is 20.2. The number of nitrogens with zero attached hydrogens (tertiary/aromatic N) is 1. The molecule has 0 bridgehead atoms. The van der Waals surface area contributed by atoms with Crippen LogP contribution in [-0.2, 0) is 11.3 Å². The molecule has 2 N–H and O–H groups in total. The molecule has 0 atom stereocenters. The molecule has 1 aromatic carbocycles. The third-order valence-electron chi connectivity index (χ3n) is 5.42. The maximum absolute atomic E-state index is 5.67. The van der Waals surface area contributed by atoms with E-state index in [-0.39, 0.29) is 0 Å². The lowest BCUT2D eigenvalue weighted by molar-refractivity contribution is 0.138. The first-order chi connectivity index (χ1) is 13.7. The van der Waals surface area contributed by atoms with E-state index in [9.17, 15) is 0 Å². The lowest BCUT2D eigenvalue weighted by atomic mass is 9.83. The normalized spacial score (nSPS) is 16.1. The van der Waals surface area contributed by atoms with E-state index < -0.39 is 0 Å². The van der Waals surface area contributed by atoms with Crippen molar-refractivity contribution in [1.29, 1.82) is 0 Å². The first-order valence-corrected chi connectivity index (χ1v) is 10.5. The number of benzene rings is 1. The van der Waals surface area contributed by atoms with Gasteiger partial charge in [0.1, 0.15) is 0 Å². The van der Waals surface area contributed by atoms with Crippen LogP contribution in [0.25, 0.3) is 0 Å². The van der Waals surface area contributed by atoms with Gasteiger partial charge in [-0.05, 0) is 56.2 Å². The molecule has 1 saturated carbocycles. The molecule has 0 aromatic heterocycles. The van der Waals surface area contributed by atoms with Crippen molar-refractivity contribution < 1.29 is 14.2 Å². The maximum Gasteiger partial charge on any atom is 0.191 e. The molecule has 1 aliphatic carbocycles. The summed E-state index contributed by atoms with van der Waals surface area (Å²) in [7, 11) is 3.44. The molecule has 1 aliphatic rings. The van der Waals surface area contributed by atoms with Crippen LogP contribution >= 0.6 is 0 Å². The van der Waals surface area contributed by atoms with Crippen LogP contribution in [0.4, 0.5) is 0 Å². The minimum absolute atomic E-state index is 0.328. The Labute approximate surface area is 170 Å². The van der Waals surface area contributed by atoms with Gasteiger partial charge in [-0.1, -0.05) is 18.9 Å². The van der Waals surface area contributed by atoms with Gasteiger partial charge in [0.2, 0.25) is 0 Å². The Morgan fingerprint density at radius 1 is 1.11 bits per heavy atom. The Hall–Kier alpha value is -1.95. The second-order valence-corrected chi connectivity index (χ2v) is 7.42. The van der Waals surface area contributed by atoms with Gasteiger partial charge in [-0.3, -0.25) is 0 Å². The second-order valence-electron chi connectivity index (χ2n) is 7.42. The van der Waals surface area contributed by atoms with Crippen molar-refractivity contribution in [3.05, 3.63) is 23.8 Å². The van der Waals surface area contributed by atoms with E-state index in [0.717, 1.165) is 49.1 Å². The van der Waals surface area contributed by atoms with Gasteiger partial charge in [0.25, 0.3) is 0 Å². The molecule has 0 spiro atoms. The number of hydrogen-bond donors (Lipinski definition) is 2. The Balaban J connectivity index is 2.02. The molecule has 1 fully saturated rings. The van der Waals surface area contributed by atoms with Gasteiger partial charge < -0.3 is 24.8 Å². The van der Waals surface area contributed by atoms with Crippen LogP contribution in [0, 0.1) is 5.41 Å². The molecule has 158 valence electrons. The number of guanidine groups is 1. The quantitative estimate of drug-likeness (QED) is 0.444. The number of hydrogen-bond acceptors (Lipinski definition) is 4. The van der Waals surface area contributed by atoms with Crippen LogP contribution in [-0.4, -0.2) is 46.5 Å². The summed E-state index contributed by atoms with van der Waals surface area (Å²) in [5.41, 5.74) is 1.42. The first-order valence-electron chi connectivity index (χ1n) is 10.5. The van der Waals surface area contributed by atoms with Crippen LogP contribution in [0.15, 0.2) is 23.2 Å². The van der Waals surface area contributed by atoms with E-state index in [2.05, 4.69) is 17.6 Å². The zero-order valence-electron chi connectivity index (χ0n) is 18.0. The number of methoxy groups -OCH3 is 2. The number of rotatable bonds is 11. The summed E-state index contributed by atoms with van der Waals surface area (Å²) in [6, 6.07) is 5.98. The predicted molar refractivity (Wildman–Crippen MR) is 114 cm³/mol. The molecule has 6 nitrogen and oxygen atoms in total. The summed E-state index contributed by atoms with van der Waals surface area (Å²) in [6.07, 6.45) is 6.25. The van der Waals surface area contributed by atoms with E-state index >= 15 is 0 Å². The monoisotopic (exact) mass is 391 g/mol. The Bertz CT molecular complexity index is 613. The van der Waals surface area contributed by atoms with Gasteiger partial charge in [-0.2, -0.15) is 0 Å². The van der Waals surface area contributed by atoms with Gasteiger partial charge in [-0.25, -0.2) is 4.99 Å². The number of aliphatic imine (C=N–C) groups is 1. The number of ether oxygens (including phenoxy) is 3. The maximum atomic E-state index is 5.67. The average Bonchev–Trinajstić information content (AvgIpc) is 3.18. The molecular formula is C22H37N3O3. The fraction of sp³-hybridized carbons (Fsp3) is 0.682. The average molecular weight is 392 g/mol. The van der Waals surface area contributed by atoms with Crippen LogP contribution in [0.3, 0.4) is 0 Å². The molecule has 0 aliphatic heterocycles. The molecule has 1 aromatic rings. The van der Waals surface area contributed by atoms with Gasteiger partial charge >= 0.3 is 0 Å². The van der Waals surface area contributed by atoms with Crippen molar-refractivity contribution in [3.63, 3.8) is 0 Å². The van der Waals surface area contributed by atoms with E-state index in [1.165, 1.54) is 25.7 Å². The Morgan fingerprint density at radius 3 is 2.54 bits per heavy atom. The highest BCUT2D eigenvalue weighted by Gasteiger charge is 2.33. The number of nitrogens with one attached hydrogen (secondary N) is 2. The molecule has 6 heteroatoms. The first kappa shape index (κ1) is 22.3. The van der Waals surface area contributed by atoms with Crippen molar-refractivity contribution >= 4 is 5.96 Å². The zero-order valence-corrected chi connectivity index (χ0v) is 18.0. The van der Waals surface area contributed by atoms with Gasteiger partial charge in [-0.15, -0.1) is 0 Å². The van der Waals surface area contributed by atoms with Crippen LogP contribution < -0.4 is 20.1 Å². The third kappa shape index (κ3) is 6.59. The third-order valence-corrected chi connectivity index (χ3v) is 5.42. The van der Waals surface area contributed by atoms with Crippen LogP contribution in [0.5, 0.6) is 11.5 Å². The molecule has 0 radical (unpaired) electrons. The summed E-state index contributed by atoms with van der Waals surface area (Å²) in [5.74, 6) is 2.38. The smallest absolute Gasteiger partial charge is 0.191 e. The minimum atomic E-state index is 0.328. The van der Waals surface area contributed by atoms with Gasteiger partial charge in [0.05, 0.1) is 20.3 Å². The molecule has 0 amide bonds. The Kier molecular flexibility index (Phi) is 9.41. The van der Waals surface area contributed by atoms with E-state index in [4.69, 9.17) is 19.2 Å².